The van der Waals surface area contributed by atoms with Crippen molar-refractivity contribution < 1.29 is 0 Å². The van der Waals surface area contributed by atoms with Crippen molar-refractivity contribution in [1.29, 1.82) is 0 Å². The Balaban J connectivity index is 1.18. The van der Waals surface area contributed by atoms with Crippen LogP contribution in [0.4, 0.5) is 0 Å². The maximum absolute atomic E-state index is 2.62. The Morgan fingerprint density at radius 3 is 0.974 bits per heavy atom. The summed E-state index contributed by atoms with van der Waals surface area (Å²) in [4.78, 5) is 0. The van der Waals surface area contributed by atoms with Crippen molar-refractivity contribution in [3.8, 4) is 44.5 Å². The first-order valence-electron chi connectivity index (χ1n) is 28.7. The lowest BCUT2D eigenvalue weighted by molar-refractivity contribution is 0.568. The van der Waals surface area contributed by atoms with Crippen LogP contribution in [-0.2, 0) is 27.1 Å². The fourth-order valence-corrected chi connectivity index (χ4v) is 14.4. The van der Waals surface area contributed by atoms with Gasteiger partial charge < -0.3 is 0 Å². The van der Waals surface area contributed by atoms with E-state index >= 15 is 0 Å². The van der Waals surface area contributed by atoms with Crippen molar-refractivity contribution in [1.82, 2.24) is 0 Å². The van der Waals surface area contributed by atoms with E-state index in [1.807, 2.05) is 0 Å². The molecule has 14 aromatic carbocycles. The molecule has 0 heteroatoms. The minimum atomic E-state index is -0.0696. The van der Waals surface area contributed by atoms with Gasteiger partial charge in [0, 0.05) is 0 Å². The van der Waals surface area contributed by atoms with Crippen LogP contribution >= 0.6 is 0 Å². The van der Waals surface area contributed by atoms with E-state index in [1.54, 1.807) is 0 Å². The topological polar surface area (TPSA) is 0 Å². The molecule has 78 heavy (non-hydrogen) atoms. The number of hydrogen-bond donors (Lipinski definition) is 0. The Morgan fingerprint density at radius 1 is 0.205 bits per heavy atom. The van der Waals surface area contributed by atoms with E-state index < -0.39 is 0 Å². The number of fused-ring (bicyclic) bond motifs is 12. The first-order chi connectivity index (χ1) is 36.8. The summed E-state index contributed by atoms with van der Waals surface area (Å²) in [6.07, 6.45) is 0. The predicted molar refractivity (Wildman–Crippen MR) is 344 cm³/mol. The Hall–Kier alpha value is -7.54. The molecule has 0 heterocycles. The van der Waals surface area contributed by atoms with Gasteiger partial charge in [0.2, 0.25) is 0 Å². The van der Waals surface area contributed by atoms with E-state index in [4.69, 9.17) is 0 Å². The summed E-state index contributed by atoms with van der Waals surface area (Å²) in [6.45, 7) is 35.6. The highest BCUT2D eigenvalue weighted by Gasteiger charge is 2.32. The summed E-state index contributed by atoms with van der Waals surface area (Å²) in [7, 11) is 0. The van der Waals surface area contributed by atoms with Crippen LogP contribution in [0.2, 0.25) is 0 Å². The summed E-state index contributed by atoms with van der Waals surface area (Å²) >= 11 is 0. The van der Waals surface area contributed by atoms with Gasteiger partial charge in [-0.15, -0.1) is 0 Å². The molecule has 0 saturated heterocycles. The summed E-state index contributed by atoms with van der Waals surface area (Å²) in [5.41, 5.74) is 17.4. The quantitative estimate of drug-likeness (QED) is 0.120. The molecule has 0 spiro atoms. The second kappa shape index (κ2) is 15.2. The first-order valence-corrected chi connectivity index (χ1v) is 28.7. The third-order valence-corrected chi connectivity index (χ3v) is 18.7. The van der Waals surface area contributed by atoms with Crippen molar-refractivity contribution in [2.45, 2.75) is 131 Å². The molecule has 0 bridgehead atoms. The number of hydrogen-bond acceptors (Lipinski definition) is 0. The average Bonchev–Trinajstić information content (AvgIpc) is 3.57. The Labute approximate surface area is 460 Å². The van der Waals surface area contributed by atoms with Gasteiger partial charge in [0.15, 0.2) is 0 Å². The fourth-order valence-electron chi connectivity index (χ4n) is 14.4. The fraction of sp³-hybridized carbons (Fsp3) is 0.256. The van der Waals surface area contributed by atoms with Crippen molar-refractivity contribution >= 4 is 108 Å². The minimum absolute atomic E-state index is 0.0630. The highest BCUT2D eigenvalue weighted by atomic mass is 14.4. The molecule has 1 aliphatic carbocycles. The third-order valence-electron chi connectivity index (χ3n) is 18.7. The second-order valence-electron chi connectivity index (χ2n) is 28.9. The van der Waals surface area contributed by atoms with Gasteiger partial charge in [-0.25, -0.2) is 0 Å². The predicted octanol–water partition coefficient (Wildman–Crippen LogP) is 23.0. The van der Waals surface area contributed by atoms with Crippen molar-refractivity contribution in [2.75, 3.05) is 0 Å². The zero-order chi connectivity index (χ0) is 54.2. The molecule has 0 saturated carbocycles. The normalized spacial score (nSPS) is 13.8. The monoisotopic (exact) mass is 1010 g/mol. The molecule has 0 unspecified atom stereocenters. The molecule has 0 atom stereocenters. The summed E-state index contributed by atoms with van der Waals surface area (Å²) in [5, 5.41) is 26.9. The van der Waals surface area contributed by atoms with Crippen LogP contribution in [0.25, 0.3) is 152 Å². The van der Waals surface area contributed by atoms with E-state index in [-0.39, 0.29) is 27.1 Å². The molecule has 0 aliphatic heterocycles. The molecule has 0 amide bonds. The molecule has 14 aromatic rings. The van der Waals surface area contributed by atoms with Gasteiger partial charge in [0.1, 0.15) is 0 Å². The second-order valence-corrected chi connectivity index (χ2v) is 28.9. The molecular weight excluding hydrogens is 937 g/mol. The van der Waals surface area contributed by atoms with E-state index in [0.29, 0.717) is 0 Å². The smallest absolute Gasteiger partial charge is 0.000740 e. The van der Waals surface area contributed by atoms with Crippen molar-refractivity contribution in [2.24, 2.45) is 0 Å². The third kappa shape index (κ3) is 6.47. The average molecular weight is 1010 g/mol. The van der Waals surface area contributed by atoms with Crippen molar-refractivity contribution in [3.05, 3.63) is 179 Å². The zero-order valence-corrected chi connectivity index (χ0v) is 48.4. The molecular formula is C78H70. The largest absolute Gasteiger partial charge is 0.0610 e. The van der Waals surface area contributed by atoms with Gasteiger partial charge in [0.25, 0.3) is 0 Å². The molecule has 0 radical (unpaired) electrons. The van der Waals surface area contributed by atoms with Gasteiger partial charge in [-0.3, -0.25) is 0 Å². The Kier molecular flexibility index (Phi) is 9.27. The van der Waals surface area contributed by atoms with E-state index in [1.165, 1.54) is 180 Å². The van der Waals surface area contributed by atoms with E-state index in [2.05, 4.69) is 256 Å². The summed E-state index contributed by atoms with van der Waals surface area (Å²) < 4.78 is 0. The van der Waals surface area contributed by atoms with Gasteiger partial charge >= 0.3 is 0 Å². The van der Waals surface area contributed by atoms with Gasteiger partial charge in [-0.1, -0.05) is 237 Å². The van der Waals surface area contributed by atoms with Crippen LogP contribution in [-0.4, -0.2) is 0 Å². The molecule has 15 rings (SSSR count). The van der Waals surface area contributed by atoms with Crippen LogP contribution in [0, 0.1) is 0 Å². The molecule has 0 aromatic heterocycles. The minimum Gasteiger partial charge on any atom is -0.0610 e. The van der Waals surface area contributed by atoms with Crippen LogP contribution in [0.5, 0.6) is 0 Å². The lowest BCUT2D eigenvalue weighted by Gasteiger charge is -2.28. The van der Waals surface area contributed by atoms with Gasteiger partial charge in [-0.2, -0.15) is 0 Å². The lowest BCUT2D eigenvalue weighted by Crippen LogP contribution is -2.16. The van der Waals surface area contributed by atoms with Crippen LogP contribution in [0.1, 0.15) is 132 Å². The molecule has 382 valence electrons. The Bertz CT molecular complexity index is 4640. The van der Waals surface area contributed by atoms with Gasteiger partial charge in [0.05, 0.1) is 0 Å². The lowest BCUT2D eigenvalue weighted by atomic mass is 9.76. The zero-order valence-electron chi connectivity index (χ0n) is 48.4. The van der Waals surface area contributed by atoms with Crippen LogP contribution in [0.15, 0.2) is 152 Å². The first kappa shape index (κ1) is 47.7. The highest BCUT2D eigenvalue weighted by Crippen LogP contribution is 2.58. The Morgan fingerprint density at radius 2 is 0.551 bits per heavy atom. The highest BCUT2D eigenvalue weighted by molar-refractivity contribution is 6.47. The van der Waals surface area contributed by atoms with E-state index in [0.717, 1.165) is 0 Å². The molecule has 0 fully saturated rings. The maximum atomic E-state index is 2.62. The number of rotatable bonds is 2. The SMILES string of the molecule is CC(C)(C)c1cc(-c2c3cc4c(cc3c(-c3cc(C(C)(C)C)cc(C(C)(C)C)c3)c3c5ccc6c7ccc8c9c(ccc(c%10ccc(c23)c5c%106)c97)-c2ccc(C(C)(C)C)cc2-8)c2cccc3cccc4c32)cc(C(C)(C)C)c1. The van der Waals surface area contributed by atoms with E-state index in [9.17, 15) is 0 Å². The van der Waals surface area contributed by atoms with Crippen LogP contribution < -0.4 is 0 Å². The molecule has 0 N–H and O–H groups in total. The molecule has 0 nitrogen and oxygen atoms in total. The summed E-state index contributed by atoms with van der Waals surface area (Å²) in [6, 6.07) is 61.4. The molecule has 1 aliphatic rings. The number of benzene rings is 12. The van der Waals surface area contributed by atoms with Gasteiger partial charge in [-0.05, 0) is 225 Å². The standard InChI is InChI=1S/C78H70/c1-74(2,3)44-22-23-49-52-24-25-53-55-28-30-58-71-59(31-29-56(70(55)71)54-26-27-57(60(49)38-44)68(52)69(53)54)73-67(43-34-47(77(10,11)12)37-48(35-43)78(13,14)15)64-40-62-51-21-17-19-41-18-16-20-50(65(41)51)61(62)39-63(64)66(72(58)73)42-32-45(75(4,5)6)36-46(33-42)76(7,8)9/h16-40H,1-15H3. The maximum Gasteiger partial charge on any atom is -0.000740 e. The van der Waals surface area contributed by atoms with Crippen LogP contribution in [0.3, 0.4) is 0 Å². The summed E-state index contributed by atoms with van der Waals surface area (Å²) in [5.74, 6) is 0. The van der Waals surface area contributed by atoms with Crippen molar-refractivity contribution in [3.63, 3.8) is 0 Å².